The molecular formula is C20H20N6O2. The molecule has 2 aliphatic rings. The smallest absolute Gasteiger partial charge is 0.259 e. The van der Waals surface area contributed by atoms with E-state index in [0.717, 1.165) is 16.9 Å². The van der Waals surface area contributed by atoms with E-state index >= 15 is 0 Å². The quantitative estimate of drug-likeness (QED) is 0.678. The average molecular weight is 376 g/mol. The van der Waals surface area contributed by atoms with Gasteiger partial charge in [0.1, 0.15) is 11.1 Å². The lowest BCUT2D eigenvalue weighted by molar-refractivity contribution is -0.122. The number of piperidine rings is 1. The van der Waals surface area contributed by atoms with E-state index in [0.29, 0.717) is 37.1 Å². The first-order valence-corrected chi connectivity index (χ1v) is 9.34. The van der Waals surface area contributed by atoms with Gasteiger partial charge in [-0.1, -0.05) is 12.1 Å². The number of aryl methyl sites for hydroxylation is 1. The average Bonchev–Trinajstić information content (AvgIpc) is 3.12. The number of benzene rings is 1. The molecule has 1 fully saturated rings. The molecule has 0 atom stereocenters. The fourth-order valence-electron chi connectivity index (χ4n) is 3.99. The second-order valence-corrected chi connectivity index (χ2v) is 7.46. The molecule has 142 valence electrons. The van der Waals surface area contributed by atoms with Crippen molar-refractivity contribution in [3.63, 3.8) is 0 Å². The fourth-order valence-corrected chi connectivity index (χ4v) is 3.99. The number of nitrogens with zero attached hydrogens (tertiary/aromatic N) is 4. The third-order valence-electron chi connectivity index (χ3n) is 5.60. The monoisotopic (exact) mass is 376 g/mol. The van der Waals surface area contributed by atoms with Crippen molar-refractivity contribution in [1.29, 1.82) is 0 Å². The van der Waals surface area contributed by atoms with Crippen LogP contribution >= 0.6 is 0 Å². The van der Waals surface area contributed by atoms with Gasteiger partial charge in [0, 0.05) is 25.5 Å². The molecular weight excluding hydrogens is 356 g/mol. The number of hydrogen-bond acceptors (Lipinski definition) is 5. The summed E-state index contributed by atoms with van der Waals surface area (Å²) in [5, 5.41) is 10.7. The van der Waals surface area contributed by atoms with Gasteiger partial charge in [-0.2, -0.15) is 5.10 Å². The third-order valence-corrected chi connectivity index (χ3v) is 5.60. The molecule has 1 saturated heterocycles. The summed E-state index contributed by atoms with van der Waals surface area (Å²) >= 11 is 0. The number of carbonyl (C=O) groups is 2. The van der Waals surface area contributed by atoms with Crippen molar-refractivity contribution in [1.82, 2.24) is 19.5 Å². The van der Waals surface area contributed by atoms with E-state index in [-0.39, 0.29) is 11.8 Å². The number of hydrogen-bond donors (Lipinski definition) is 2. The van der Waals surface area contributed by atoms with E-state index in [1.165, 1.54) is 0 Å². The van der Waals surface area contributed by atoms with Gasteiger partial charge >= 0.3 is 0 Å². The second kappa shape index (κ2) is 6.05. The molecule has 2 aliphatic heterocycles. The van der Waals surface area contributed by atoms with Crippen LogP contribution in [0.25, 0.3) is 5.65 Å². The molecule has 2 amide bonds. The van der Waals surface area contributed by atoms with Crippen LogP contribution < -0.4 is 10.6 Å². The summed E-state index contributed by atoms with van der Waals surface area (Å²) in [7, 11) is 0. The Bertz CT molecular complexity index is 1100. The maximum Gasteiger partial charge on any atom is 0.259 e. The van der Waals surface area contributed by atoms with Crippen molar-refractivity contribution in [2.45, 2.75) is 25.3 Å². The largest absolute Gasteiger partial charge is 0.369 e. The van der Waals surface area contributed by atoms with Gasteiger partial charge in [-0.15, -0.1) is 0 Å². The number of nitrogens with one attached hydrogen (secondary N) is 2. The van der Waals surface area contributed by atoms with E-state index in [4.69, 9.17) is 0 Å². The molecule has 28 heavy (non-hydrogen) atoms. The molecule has 0 unspecified atom stereocenters. The molecule has 2 aromatic heterocycles. The number of para-hydroxylation sites is 2. The number of likely N-dealkylation sites (tertiary alicyclic amines) is 1. The highest BCUT2D eigenvalue weighted by Gasteiger charge is 2.45. The summed E-state index contributed by atoms with van der Waals surface area (Å²) in [5.41, 5.74) is 3.06. The number of fused-ring (bicyclic) bond motifs is 2. The lowest BCUT2D eigenvalue weighted by Gasteiger charge is -2.44. The number of carbonyl (C=O) groups excluding carboxylic acids is 2. The van der Waals surface area contributed by atoms with Gasteiger partial charge in [0.15, 0.2) is 5.65 Å². The second-order valence-electron chi connectivity index (χ2n) is 7.46. The highest BCUT2D eigenvalue weighted by molar-refractivity contribution is 6.06. The van der Waals surface area contributed by atoms with Crippen LogP contribution in [0.5, 0.6) is 0 Å². The molecule has 1 aromatic carbocycles. The van der Waals surface area contributed by atoms with Gasteiger partial charge in [-0.25, -0.2) is 9.50 Å². The van der Waals surface area contributed by atoms with Crippen molar-refractivity contribution in [2.24, 2.45) is 0 Å². The van der Waals surface area contributed by atoms with Crippen LogP contribution in [0.1, 0.15) is 28.8 Å². The molecule has 5 rings (SSSR count). The van der Waals surface area contributed by atoms with Gasteiger partial charge in [-0.05, 0) is 37.5 Å². The molecule has 0 aliphatic carbocycles. The van der Waals surface area contributed by atoms with Gasteiger partial charge in [-0.3, -0.25) is 9.59 Å². The Balaban J connectivity index is 1.36. The van der Waals surface area contributed by atoms with E-state index in [2.05, 4.69) is 20.7 Å². The van der Waals surface area contributed by atoms with Crippen molar-refractivity contribution in [3.8, 4) is 0 Å². The Morgan fingerprint density at radius 2 is 1.89 bits per heavy atom. The maximum atomic E-state index is 13.0. The molecule has 3 aromatic rings. The maximum absolute atomic E-state index is 13.0. The zero-order valence-corrected chi connectivity index (χ0v) is 15.5. The number of anilines is 2. The highest BCUT2D eigenvalue weighted by atomic mass is 16.2. The SMILES string of the molecule is Cc1cnc2c(C(=O)N3CCC4(CC3)Nc3ccccc3NC4=O)cnn2c1. The minimum atomic E-state index is -0.679. The molecule has 4 heterocycles. The Kier molecular flexibility index (Phi) is 3.61. The molecule has 0 radical (unpaired) electrons. The lowest BCUT2D eigenvalue weighted by Crippen LogP contribution is -2.59. The third kappa shape index (κ3) is 2.52. The minimum absolute atomic E-state index is 0.0357. The topological polar surface area (TPSA) is 91.6 Å². The summed E-state index contributed by atoms with van der Waals surface area (Å²) in [6, 6.07) is 7.67. The summed E-state index contributed by atoms with van der Waals surface area (Å²) in [5.74, 6) is -0.135. The van der Waals surface area contributed by atoms with Crippen molar-refractivity contribution >= 4 is 28.8 Å². The Morgan fingerprint density at radius 1 is 1.14 bits per heavy atom. The number of aromatic nitrogens is 3. The van der Waals surface area contributed by atoms with E-state index in [9.17, 15) is 9.59 Å². The van der Waals surface area contributed by atoms with Crippen molar-refractivity contribution in [3.05, 3.63) is 54.0 Å². The van der Waals surface area contributed by atoms with Crippen LogP contribution in [0.4, 0.5) is 11.4 Å². The van der Waals surface area contributed by atoms with Crippen molar-refractivity contribution in [2.75, 3.05) is 23.7 Å². The van der Waals surface area contributed by atoms with Gasteiger partial charge in [0.05, 0.1) is 17.6 Å². The van der Waals surface area contributed by atoms with E-state index < -0.39 is 5.54 Å². The van der Waals surface area contributed by atoms with Gasteiger partial charge in [0.25, 0.3) is 5.91 Å². The first-order valence-electron chi connectivity index (χ1n) is 9.34. The van der Waals surface area contributed by atoms with Crippen LogP contribution in [-0.4, -0.2) is 49.9 Å². The molecule has 1 spiro atoms. The first-order chi connectivity index (χ1) is 13.6. The number of rotatable bonds is 1. The van der Waals surface area contributed by atoms with Crippen LogP contribution in [0.2, 0.25) is 0 Å². The van der Waals surface area contributed by atoms with E-state index in [1.54, 1.807) is 21.8 Å². The Hall–Kier alpha value is -3.42. The summed E-state index contributed by atoms with van der Waals surface area (Å²) in [6.07, 6.45) is 6.23. The fraction of sp³-hybridized carbons (Fsp3) is 0.300. The van der Waals surface area contributed by atoms with Crippen molar-refractivity contribution < 1.29 is 9.59 Å². The zero-order valence-electron chi connectivity index (χ0n) is 15.5. The first kappa shape index (κ1) is 16.7. The molecule has 2 N–H and O–H groups in total. The predicted molar refractivity (Wildman–Crippen MR) is 104 cm³/mol. The highest BCUT2D eigenvalue weighted by Crippen LogP contribution is 2.36. The van der Waals surface area contributed by atoms with Crippen LogP contribution in [0, 0.1) is 6.92 Å². The Labute approximate surface area is 161 Å². The minimum Gasteiger partial charge on any atom is -0.369 e. The molecule has 8 nitrogen and oxygen atoms in total. The lowest BCUT2D eigenvalue weighted by atomic mass is 9.84. The molecule has 8 heteroatoms. The van der Waals surface area contributed by atoms with Crippen LogP contribution in [0.3, 0.4) is 0 Å². The zero-order chi connectivity index (χ0) is 19.3. The van der Waals surface area contributed by atoms with Crippen LogP contribution in [0.15, 0.2) is 42.9 Å². The molecule has 0 saturated carbocycles. The molecule has 0 bridgehead atoms. The predicted octanol–water partition coefficient (Wildman–Crippen LogP) is 2.08. The summed E-state index contributed by atoms with van der Waals surface area (Å²) in [4.78, 5) is 31.9. The Morgan fingerprint density at radius 3 is 2.68 bits per heavy atom. The van der Waals surface area contributed by atoms with Gasteiger partial charge in [0.2, 0.25) is 5.91 Å². The summed E-state index contributed by atoms with van der Waals surface area (Å²) in [6.45, 7) is 2.91. The number of amides is 2. The standard InChI is InChI=1S/C20H20N6O2/c1-13-10-21-17-14(11-22-26(17)12-13)18(27)25-8-6-20(7-9-25)19(28)23-15-4-2-3-5-16(15)24-20/h2-5,10-12,24H,6-9H2,1H3,(H,23,28). The summed E-state index contributed by atoms with van der Waals surface area (Å²) < 4.78 is 1.63. The van der Waals surface area contributed by atoms with Gasteiger partial charge < -0.3 is 15.5 Å². The normalized spacial score (nSPS) is 17.9. The van der Waals surface area contributed by atoms with Crippen LogP contribution in [-0.2, 0) is 4.79 Å². The van der Waals surface area contributed by atoms with E-state index in [1.807, 2.05) is 37.4 Å².